The van der Waals surface area contributed by atoms with Gasteiger partial charge in [-0.2, -0.15) is 0 Å². The zero-order valence-corrected chi connectivity index (χ0v) is 12.0. The Kier molecular flexibility index (Phi) is 4.83. The molecule has 0 unspecified atom stereocenters. The first kappa shape index (κ1) is 16.7. The van der Waals surface area contributed by atoms with Crippen LogP contribution in [0.15, 0.2) is 23.2 Å². The van der Waals surface area contributed by atoms with Crippen molar-refractivity contribution in [1.82, 2.24) is 0 Å². The highest BCUT2D eigenvalue weighted by Crippen LogP contribution is 2.30. The Bertz CT molecular complexity index is 748. The summed E-state index contributed by atoms with van der Waals surface area (Å²) in [5, 5.41) is 0. The van der Waals surface area contributed by atoms with Crippen LogP contribution >= 0.6 is 0 Å². The van der Waals surface area contributed by atoms with Crippen LogP contribution in [0.4, 0.5) is 27.6 Å². The van der Waals surface area contributed by atoms with Crippen LogP contribution in [0.25, 0.3) is 0 Å². The van der Waals surface area contributed by atoms with E-state index in [2.05, 4.69) is 4.99 Å². The van der Waals surface area contributed by atoms with Gasteiger partial charge in [0.05, 0.1) is 14.2 Å². The second-order valence-electron chi connectivity index (χ2n) is 4.28. The van der Waals surface area contributed by atoms with Crippen LogP contribution in [0.3, 0.4) is 0 Å². The van der Waals surface area contributed by atoms with Gasteiger partial charge in [0, 0.05) is 17.8 Å². The molecule has 0 saturated heterocycles. The number of halogens is 5. The molecule has 0 aliphatic carbocycles. The number of aliphatic imine (C=N–C) groups is 1. The number of methoxy groups -OCH3 is 2. The molecule has 0 atom stereocenters. The minimum atomic E-state index is -2.24. The van der Waals surface area contributed by atoms with Crippen LogP contribution in [0.5, 0.6) is 11.5 Å². The maximum atomic E-state index is 13.5. The van der Waals surface area contributed by atoms with Gasteiger partial charge in [0.2, 0.25) is 5.82 Å². The molecule has 0 fully saturated rings. The quantitative estimate of drug-likeness (QED) is 0.365. The number of hydrogen-bond acceptors (Lipinski definition) is 3. The third-order valence-electron chi connectivity index (χ3n) is 2.96. The van der Waals surface area contributed by atoms with Gasteiger partial charge in [0.1, 0.15) is 17.2 Å². The second-order valence-corrected chi connectivity index (χ2v) is 4.28. The van der Waals surface area contributed by atoms with Crippen LogP contribution in [-0.2, 0) is 0 Å². The summed E-state index contributed by atoms with van der Waals surface area (Å²) in [5.41, 5.74) is -1.02. The molecule has 0 saturated carbocycles. The molecule has 0 amide bonds. The molecular weight excluding hydrogens is 321 g/mol. The van der Waals surface area contributed by atoms with Crippen LogP contribution in [0.2, 0.25) is 0 Å². The van der Waals surface area contributed by atoms with E-state index in [1.54, 1.807) is 0 Å². The van der Waals surface area contributed by atoms with Crippen molar-refractivity contribution in [3.05, 3.63) is 52.8 Å². The summed E-state index contributed by atoms with van der Waals surface area (Å²) >= 11 is 0. The molecule has 122 valence electrons. The van der Waals surface area contributed by atoms with Crippen molar-refractivity contribution in [1.29, 1.82) is 0 Å². The molecule has 2 rings (SSSR count). The van der Waals surface area contributed by atoms with E-state index >= 15 is 0 Å². The molecule has 0 aromatic heterocycles. The largest absolute Gasteiger partial charge is 0.497 e. The average Bonchev–Trinajstić information content (AvgIpc) is 2.58. The smallest absolute Gasteiger partial charge is 0.200 e. The standard InChI is InChI=1S/C15H10F5NO2/c1-22-8-4-3-7(9(5-8)23-2)6-21-15-13(19)11(17)10(16)12(18)14(15)20/h3-6H,1-2H3. The van der Waals surface area contributed by atoms with Crippen molar-refractivity contribution in [2.24, 2.45) is 4.99 Å². The van der Waals surface area contributed by atoms with Crippen LogP contribution < -0.4 is 9.47 Å². The number of hydrogen-bond donors (Lipinski definition) is 0. The summed E-state index contributed by atoms with van der Waals surface area (Å²) in [7, 11) is 2.77. The van der Waals surface area contributed by atoms with Gasteiger partial charge in [0.25, 0.3) is 0 Å². The number of rotatable bonds is 4. The van der Waals surface area contributed by atoms with E-state index in [0.29, 0.717) is 5.75 Å². The normalized spacial score (nSPS) is 11.1. The highest BCUT2D eigenvalue weighted by Gasteiger charge is 2.25. The molecular formula is C15H10F5NO2. The molecule has 8 heteroatoms. The van der Waals surface area contributed by atoms with Crippen LogP contribution in [0.1, 0.15) is 5.56 Å². The predicted molar refractivity (Wildman–Crippen MR) is 73.0 cm³/mol. The zero-order chi connectivity index (χ0) is 17.1. The molecule has 0 N–H and O–H groups in total. The maximum Gasteiger partial charge on any atom is 0.200 e. The van der Waals surface area contributed by atoms with Gasteiger partial charge in [-0.3, -0.25) is 0 Å². The maximum absolute atomic E-state index is 13.5. The van der Waals surface area contributed by atoms with Gasteiger partial charge in [-0.15, -0.1) is 0 Å². The third-order valence-corrected chi connectivity index (χ3v) is 2.96. The van der Waals surface area contributed by atoms with E-state index in [1.807, 2.05) is 0 Å². The highest BCUT2D eigenvalue weighted by atomic mass is 19.2. The lowest BCUT2D eigenvalue weighted by molar-refractivity contribution is 0.381. The molecule has 2 aromatic rings. The minimum Gasteiger partial charge on any atom is -0.497 e. The summed E-state index contributed by atoms with van der Waals surface area (Å²) in [6.07, 6.45) is 0.927. The van der Waals surface area contributed by atoms with Gasteiger partial charge in [-0.25, -0.2) is 26.9 Å². The van der Waals surface area contributed by atoms with Crippen molar-refractivity contribution in [3.63, 3.8) is 0 Å². The Morgan fingerprint density at radius 3 is 1.91 bits per heavy atom. The number of benzene rings is 2. The lowest BCUT2D eigenvalue weighted by Crippen LogP contribution is -2.01. The van der Waals surface area contributed by atoms with Crippen molar-refractivity contribution < 1.29 is 31.4 Å². The van der Waals surface area contributed by atoms with Crippen LogP contribution in [0, 0.1) is 29.1 Å². The molecule has 0 heterocycles. The molecule has 0 bridgehead atoms. The monoisotopic (exact) mass is 331 g/mol. The number of nitrogens with zero attached hydrogens (tertiary/aromatic N) is 1. The van der Waals surface area contributed by atoms with Gasteiger partial charge < -0.3 is 9.47 Å². The van der Waals surface area contributed by atoms with Gasteiger partial charge in [-0.05, 0) is 12.1 Å². The molecule has 0 aliphatic rings. The fourth-order valence-electron chi connectivity index (χ4n) is 1.77. The minimum absolute atomic E-state index is 0.247. The van der Waals surface area contributed by atoms with Crippen molar-refractivity contribution in [2.45, 2.75) is 0 Å². The molecule has 2 aromatic carbocycles. The summed E-state index contributed by atoms with van der Waals surface area (Å²) < 4.78 is 76.2. The topological polar surface area (TPSA) is 30.8 Å². The zero-order valence-electron chi connectivity index (χ0n) is 12.0. The Morgan fingerprint density at radius 2 is 1.39 bits per heavy atom. The van der Waals surface area contributed by atoms with E-state index in [4.69, 9.17) is 9.47 Å². The van der Waals surface area contributed by atoms with Gasteiger partial charge >= 0.3 is 0 Å². The first-order valence-electron chi connectivity index (χ1n) is 6.18. The van der Waals surface area contributed by atoms with Gasteiger partial charge in [0.15, 0.2) is 23.3 Å². The van der Waals surface area contributed by atoms with Gasteiger partial charge in [-0.1, -0.05) is 0 Å². The van der Waals surface area contributed by atoms with E-state index in [9.17, 15) is 22.0 Å². The molecule has 0 radical (unpaired) electrons. The summed E-state index contributed by atoms with van der Waals surface area (Å²) in [6, 6.07) is 4.44. The fourth-order valence-corrected chi connectivity index (χ4v) is 1.77. The van der Waals surface area contributed by atoms with Crippen molar-refractivity contribution >= 4 is 11.9 Å². The molecule has 0 spiro atoms. The highest BCUT2D eigenvalue weighted by molar-refractivity contribution is 5.86. The Hall–Kier alpha value is -2.64. The van der Waals surface area contributed by atoms with E-state index in [1.165, 1.54) is 32.4 Å². The molecule has 23 heavy (non-hydrogen) atoms. The van der Waals surface area contributed by atoms with Crippen molar-refractivity contribution in [3.8, 4) is 11.5 Å². The molecule has 3 nitrogen and oxygen atoms in total. The average molecular weight is 331 g/mol. The Balaban J connectivity index is 2.50. The SMILES string of the molecule is COc1ccc(C=Nc2c(F)c(F)c(F)c(F)c2F)c(OC)c1. The molecule has 0 aliphatic heterocycles. The van der Waals surface area contributed by atoms with E-state index in [0.717, 1.165) is 6.21 Å². The predicted octanol–water partition coefficient (Wildman–Crippen LogP) is 4.15. The fraction of sp³-hybridized carbons (Fsp3) is 0.133. The first-order valence-corrected chi connectivity index (χ1v) is 6.18. The van der Waals surface area contributed by atoms with Crippen molar-refractivity contribution in [2.75, 3.05) is 14.2 Å². The lowest BCUT2D eigenvalue weighted by Gasteiger charge is -2.07. The van der Waals surface area contributed by atoms with Crippen LogP contribution in [-0.4, -0.2) is 20.4 Å². The Morgan fingerprint density at radius 1 is 0.826 bits per heavy atom. The number of ether oxygens (including phenoxy) is 2. The first-order chi connectivity index (χ1) is 10.9. The van der Waals surface area contributed by atoms with E-state index in [-0.39, 0.29) is 11.3 Å². The summed E-state index contributed by atoms with van der Waals surface area (Å²) in [6.45, 7) is 0. The summed E-state index contributed by atoms with van der Waals surface area (Å²) in [4.78, 5) is 3.36. The summed E-state index contributed by atoms with van der Waals surface area (Å²) in [5.74, 6) is -9.67. The third kappa shape index (κ3) is 3.10. The second kappa shape index (κ2) is 6.64. The lowest BCUT2D eigenvalue weighted by atomic mass is 10.2. The van der Waals surface area contributed by atoms with E-state index < -0.39 is 34.8 Å². The Labute approximate surface area is 128 Å².